The van der Waals surface area contributed by atoms with Crippen LogP contribution in [-0.4, -0.2) is 37.0 Å². The number of carbonyl (C=O) groups is 1. The number of hydrogen-bond acceptors (Lipinski definition) is 2. The first-order valence-corrected chi connectivity index (χ1v) is 7.20. The van der Waals surface area contributed by atoms with E-state index in [-0.39, 0.29) is 5.91 Å². The number of hydrogen-bond donors (Lipinski definition) is 1. The van der Waals surface area contributed by atoms with Gasteiger partial charge in [0.1, 0.15) is 0 Å². The Morgan fingerprint density at radius 3 is 2.89 bits per heavy atom. The molecule has 0 aliphatic carbocycles. The molecule has 1 atom stereocenters. The van der Waals surface area contributed by atoms with E-state index < -0.39 is 0 Å². The van der Waals surface area contributed by atoms with Crippen molar-refractivity contribution in [1.82, 2.24) is 10.2 Å². The molecule has 0 saturated carbocycles. The molecule has 0 aromatic heterocycles. The van der Waals surface area contributed by atoms with Crippen molar-refractivity contribution in [3.05, 3.63) is 34.3 Å². The van der Waals surface area contributed by atoms with Crippen molar-refractivity contribution in [3.8, 4) is 0 Å². The Morgan fingerprint density at radius 1 is 1.47 bits per heavy atom. The smallest absolute Gasteiger partial charge is 0.253 e. The first-order chi connectivity index (χ1) is 9.08. The van der Waals surface area contributed by atoms with E-state index in [9.17, 15) is 4.79 Å². The minimum absolute atomic E-state index is 0.0622. The molecule has 1 aromatic carbocycles. The summed E-state index contributed by atoms with van der Waals surface area (Å²) in [5, 5.41) is 4.16. The van der Waals surface area contributed by atoms with Gasteiger partial charge in [0.05, 0.1) is 0 Å². The van der Waals surface area contributed by atoms with Gasteiger partial charge in [0.25, 0.3) is 5.91 Å². The van der Waals surface area contributed by atoms with Gasteiger partial charge in [-0.2, -0.15) is 0 Å². The predicted octanol–water partition coefficient (Wildman–Crippen LogP) is 2.86. The number of piperidine rings is 1. The van der Waals surface area contributed by atoms with Crippen LogP contribution in [0.5, 0.6) is 0 Å². The lowest BCUT2D eigenvalue weighted by Crippen LogP contribution is -2.44. The minimum atomic E-state index is 0.0622. The molecule has 1 fully saturated rings. The van der Waals surface area contributed by atoms with E-state index in [0.717, 1.165) is 25.1 Å². The number of carbonyl (C=O) groups excluding carboxylic acids is 1. The molecule has 1 aromatic rings. The molecule has 1 heterocycles. The summed E-state index contributed by atoms with van der Waals surface area (Å²) in [6, 6.07) is 5.87. The second kappa shape index (κ2) is 6.40. The van der Waals surface area contributed by atoms with Crippen LogP contribution in [-0.2, 0) is 0 Å². The van der Waals surface area contributed by atoms with E-state index >= 15 is 0 Å². The summed E-state index contributed by atoms with van der Waals surface area (Å²) in [7, 11) is 1.86. The fourth-order valence-electron chi connectivity index (χ4n) is 2.49. The van der Waals surface area contributed by atoms with Crippen LogP contribution in [0.1, 0.15) is 35.2 Å². The summed E-state index contributed by atoms with van der Waals surface area (Å²) in [6.07, 6.45) is 3.64. The van der Waals surface area contributed by atoms with Gasteiger partial charge < -0.3 is 10.2 Å². The van der Waals surface area contributed by atoms with Crippen LogP contribution in [0.2, 0.25) is 5.02 Å². The number of aryl methyl sites for hydroxylation is 1. The zero-order valence-corrected chi connectivity index (χ0v) is 12.3. The van der Waals surface area contributed by atoms with Crippen molar-refractivity contribution in [2.24, 2.45) is 0 Å². The van der Waals surface area contributed by atoms with E-state index in [0.29, 0.717) is 16.6 Å². The number of halogens is 1. The van der Waals surface area contributed by atoms with Crippen molar-refractivity contribution < 1.29 is 4.79 Å². The van der Waals surface area contributed by atoms with Gasteiger partial charge in [-0.15, -0.1) is 0 Å². The average molecular weight is 281 g/mol. The summed E-state index contributed by atoms with van der Waals surface area (Å²) in [6.45, 7) is 3.75. The molecule has 2 rings (SSSR count). The maximum Gasteiger partial charge on any atom is 0.253 e. The van der Waals surface area contributed by atoms with E-state index in [1.165, 1.54) is 12.8 Å². The van der Waals surface area contributed by atoms with Crippen molar-refractivity contribution in [1.29, 1.82) is 0 Å². The van der Waals surface area contributed by atoms with E-state index in [2.05, 4.69) is 5.32 Å². The van der Waals surface area contributed by atoms with Crippen LogP contribution in [0.3, 0.4) is 0 Å². The van der Waals surface area contributed by atoms with Crippen LogP contribution in [0.4, 0.5) is 0 Å². The molecule has 1 saturated heterocycles. The number of nitrogens with one attached hydrogen (secondary N) is 1. The molecule has 1 aliphatic heterocycles. The number of amides is 1. The molecular formula is C15H21ClN2O. The van der Waals surface area contributed by atoms with Crippen LogP contribution in [0, 0.1) is 6.92 Å². The highest BCUT2D eigenvalue weighted by molar-refractivity contribution is 6.31. The monoisotopic (exact) mass is 280 g/mol. The standard InChI is InChI=1S/C15H21ClN2O/c1-11-9-12(6-7-14(11)16)15(19)18(2)10-13-5-3-4-8-17-13/h6-7,9,13,17H,3-5,8,10H2,1-2H3. The molecular weight excluding hydrogens is 260 g/mol. The molecule has 0 bridgehead atoms. The van der Waals surface area contributed by atoms with Crippen LogP contribution < -0.4 is 5.32 Å². The van der Waals surface area contributed by atoms with Gasteiger partial charge in [0.2, 0.25) is 0 Å². The largest absolute Gasteiger partial charge is 0.340 e. The van der Waals surface area contributed by atoms with Crippen molar-refractivity contribution in [3.63, 3.8) is 0 Å². The summed E-state index contributed by atoms with van der Waals surface area (Å²) in [4.78, 5) is 14.1. The number of nitrogens with zero attached hydrogens (tertiary/aromatic N) is 1. The van der Waals surface area contributed by atoms with Gasteiger partial charge in [0.15, 0.2) is 0 Å². The zero-order valence-electron chi connectivity index (χ0n) is 11.6. The molecule has 104 valence electrons. The van der Waals surface area contributed by atoms with Crippen LogP contribution >= 0.6 is 11.6 Å². The molecule has 0 radical (unpaired) electrons. The maximum atomic E-state index is 12.3. The quantitative estimate of drug-likeness (QED) is 0.923. The highest BCUT2D eigenvalue weighted by Crippen LogP contribution is 2.17. The van der Waals surface area contributed by atoms with Gasteiger partial charge in [-0.05, 0) is 50.1 Å². The fraction of sp³-hybridized carbons (Fsp3) is 0.533. The lowest BCUT2D eigenvalue weighted by Gasteiger charge is -2.28. The first kappa shape index (κ1) is 14.4. The van der Waals surface area contributed by atoms with E-state index in [4.69, 9.17) is 11.6 Å². The van der Waals surface area contributed by atoms with Gasteiger partial charge in [0, 0.05) is 30.2 Å². The predicted molar refractivity (Wildman–Crippen MR) is 78.8 cm³/mol. The summed E-state index contributed by atoms with van der Waals surface area (Å²) in [5.41, 5.74) is 1.65. The lowest BCUT2D eigenvalue weighted by atomic mass is 10.0. The Labute approximate surface area is 119 Å². The first-order valence-electron chi connectivity index (χ1n) is 6.83. The van der Waals surface area contributed by atoms with Gasteiger partial charge in [-0.25, -0.2) is 0 Å². The minimum Gasteiger partial charge on any atom is -0.340 e. The van der Waals surface area contributed by atoms with Crippen LogP contribution in [0.25, 0.3) is 0 Å². The molecule has 1 amide bonds. The van der Waals surface area contributed by atoms with Crippen molar-refractivity contribution >= 4 is 17.5 Å². The Balaban J connectivity index is 1.99. The molecule has 3 nitrogen and oxygen atoms in total. The second-order valence-electron chi connectivity index (χ2n) is 5.30. The molecule has 1 N–H and O–H groups in total. The Hall–Kier alpha value is -1.06. The number of benzene rings is 1. The Morgan fingerprint density at radius 2 is 2.26 bits per heavy atom. The Bertz CT molecular complexity index is 455. The third-order valence-electron chi connectivity index (χ3n) is 3.66. The third kappa shape index (κ3) is 3.71. The SMILES string of the molecule is Cc1cc(C(=O)N(C)CC2CCCCN2)ccc1Cl. The summed E-state index contributed by atoms with van der Waals surface area (Å²) < 4.78 is 0. The van der Waals surface area contributed by atoms with Gasteiger partial charge in [-0.3, -0.25) is 4.79 Å². The zero-order chi connectivity index (χ0) is 13.8. The molecule has 19 heavy (non-hydrogen) atoms. The van der Waals surface area contributed by atoms with Gasteiger partial charge >= 0.3 is 0 Å². The molecule has 0 spiro atoms. The molecule has 1 aliphatic rings. The Kier molecular flexibility index (Phi) is 4.83. The normalized spacial score (nSPS) is 19.2. The second-order valence-corrected chi connectivity index (χ2v) is 5.70. The van der Waals surface area contributed by atoms with Crippen LogP contribution in [0.15, 0.2) is 18.2 Å². The van der Waals surface area contributed by atoms with E-state index in [1.54, 1.807) is 17.0 Å². The lowest BCUT2D eigenvalue weighted by molar-refractivity contribution is 0.0775. The fourth-order valence-corrected chi connectivity index (χ4v) is 2.61. The van der Waals surface area contributed by atoms with Gasteiger partial charge in [-0.1, -0.05) is 18.0 Å². The van der Waals surface area contributed by atoms with Crippen molar-refractivity contribution in [2.75, 3.05) is 20.1 Å². The number of rotatable bonds is 3. The maximum absolute atomic E-state index is 12.3. The number of likely N-dealkylation sites (N-methyl/N-ethyl adjacent to an activating group) is 1. The van der Waals surface area contributed by atoms with Crippen molar-refractivity contribution in [2.45, 2.75) is 32.2 Å². The van der Waals surface area contributed by atoms with E-state index in [1.807, 2.05) is 20.0 Å². The third-order valence-corrected chi connectivity index (χ3v) is 4.08. The summed E-state index contributed by atoms with van der Waals surface area (Å²) >= 11 is 5.99. The summed E-state index contributed by atoms with van der Waals surface area (Å²) in [5.74, 6) is 0.0622. The topological polar surface area (TPSA) is 32.3 Å². The highest BCUT2D eigenvalue weighted by atomic mass is 35.5. The molecule has 1 unspecified atom stereocenters. The molecule has 4 heteroatoms. The average Bonchev–Trinajstić information content (AvgIpc) is 2.42. The highest BCUT2D eigenvalue weighted by Gasteiger charge is 2.18.